The molecule has 0 radical (unpaired) electrons. The Morgan fingerprint density at radius 1 is 1.17 bits per heavy atom. The van der Waals surface area contributed by atoms with Crippen molar-refractivity contribution in [2.24, 2.45) is 0 Å². The lowest BCUT2D eigenvalue weighted by molar-refractivity contribution is -0.115. The first kappa shape index (κ1) is 19.3. The summed E-state index contributed by atoms with van der Waals surface area (Å²) in [6.45, 7) is 3.50. The molecule has 8 nitrogen and oxygen atoms in total. The number of benzene rings is 2. The number of nitrogens with zero attached hydrogens (tertiary/aromatic N) is 2. The van der Waals surface area contributed by atoms with Gasteiger partial charge in [0.2, 0.25) is 11.9 Å². The molecule has 2 aromatic carbocycles. The predicted molar refractivity (Wildman–Crippen MR) is 114 cm³/mol. The van der Waals surface area contributed by atoms with Crippen molar-refractivity contribution in [3.63, 3.8) is 0 Å². The summed E-state index contributed by atoms with van der Waals surface area (Å²) in [5, 5.41) is 21.2. The lowest BCUT2D eigenvalue weighted by Crippen LogP contribution is -2.14. The van der Waals surface area contributed by atoms with Crippen LogP contribution in [0.4, 0.5) is 38.9 Å². The van der Waals surface area contributed by atoms with E-state index in [1.54, 1.807) is 36.4 Å². The Morgan fingerprint density at radius 2 is 1.97 bits per heavy atom. The Morgan fingerprint density at radius 3 is 2.80 bits per heavy atom. The number of amides is 1. The standard InChI is InChI=1S/C21H19FN6O2/c1-2-18(29)24-13-4-3-5-14(10-13)25-20-16(22)11-23-21(28-20)26-15-6-7-17-12(8-15)9-19(30)27-17/h2-8,10-11,18,24,29H,1,9H2,(H,27,30)(H2,23,25,26,28). The van der Waals surface area contributed by atoms with Crippen LogP contribution in [0.25, 0.3) is 0 Å². The fraction of sp³-hybridized carbons (Fsp3) is 0.0952. The van der Waals surface area contributed by atoms with E-state index in [-0.39, 0.29) is 17.7 Å². The SMILES string of the molecule is C=CC(O)Nc1cccc(Nc2nc(Nc3ccc4c(c3)CC(=O)N4)ncc2F)c1. The molecule has 152 valence electrons. The highest BCUT2D eigenvalue weighted by Crippen LogP contribution is 2.28. The second kappa shape index (κ2) is 8.18. The van der Waals surface area contributed by atoms with Gasteiger partial charge in [-0.2, -0.15) is 4.98 Å². The fourth-order valence-electron chi connectivity index (χ4n) is 3.00. The van der Waals surface area contributed by atoms with E-state index in [1.807, 2.05) is 6.07 Å². The molecule has 4 rings (SSSR count). The maximum Gasteiger partial charge on any atom is 0.229 e. The van der Waals surface area contributed by atoms with Crippen LogP contribution < -0.4 is 21.3 Å². The lowest BCUT2D eigenvalue weighted by Gasteiger charge is -2.13. The van der Waals surface area contributed by atoms with Gasteiger partial charge in [0.25, 0.3) is 0 Å². The van der Waals surface area contributed by atoms with Crippen molar-refractivity contribution in [2.75, 3.05) is 21.3 Å². The topological polar surface area (TPSA) is 111 Å². The zero-order valence-corrected chi connectivity index (χ0v) is 15.8. The summed E-state index contributed by atoms with van der Waals surface area (Å²) in [5.41, 5.74) is 3.54. The molecular formula is C21H19FN6O2. The number of anilines is 6. The average Bonchev–Trinajstić information content (AvgIpc) is 3.10. The third-order valence-electron chi connectivity index (χ3n) is 4.39. The van der Waals surface area contributed by atoms with Gasteiger partial charge in [0.05, 0.1) is 12.6 Å². The Bertz CT molecular complexity index is 1120. The number of halogens is 1. The molecule has 0 aliphatic carbocycles. The van der Waals surface area contributed by atoms with Gasteiger partial charge in [-0.25, -0.2) is 9.37 Å². The minimum Gasteiger partial charge on any atom is -0.370 e. The van der Waals surface area contributed by atoms with E-state index in [0.29, 0.717) is 23.5 Å². The predicted octanol–water partition coefficient (Wildman–Crippen LogP) is 3.51. The van der Waals surface area contributed by atoms with Crippen LogP contribution in [0, 0.1) is 5.82 Å². The van der Waals surface area contributed by atoms with Gasteiger partial charge in [-0.05, 0) is 48.0 Å². The Kier molecular flexibility index (Phi) is 5.27. The van der Waals surface area contributed by atoms with Gasteiger partial charge in [-0.15, -0.1) is 0 Å². The van der Waals surface area contributed by atoms with Gasteiger partial charge in [0.1, 0.15) is 6.23 Å². The van der Waals surface area contributed by atoms with Crippen LogP contribution in [0.3, 0.4) is 0 Å². The van der Waals surface area contributed by atoms with Crippen LogP contribution in [0.1, 0.15) is 5.56 Å². The maximum atomic E-state index is 14.3. The number of carbonyl (C=O) groups excluding carboxylic acids is 1. The Labute approximate surface area is 171 Å². The van der Waals surface area contributed by atoms with Crippen LogP contribution in [0.15, 0.2) is 61.3 Å². The van der Waals surface area contributed by atoms with Crippen molar-refractivity contribution in [3.8, 4) is 0 Å². The largest absolute Gasteiger partial charge is 0.370 e. The number of fused-ring (bicyclic) bond motifs is 1. The van der Waals surface area contributed by atoms with Crippen molar-refractivity contribution >= 4 is 40.4 Å². The zero-order valence-electron chi connectivity index (χ0n) is 15.8. The second-order valence-corrected chi connectivity index (χ2v) is 6.64. The number of aliphatic hydroxyl groups is 1. The van der Waals surface area contributed by atoms with Crippen molar-refractivity contribution in [3.05, 3.63) is 72.7 Å². The van der Waals surface area contributed by atoms with Gasteiger partial charge in [-0.3, -0.25) is 4.79 Å². The molecule has 1 atom stereocenters. The van der Waals surface area contributed by atoms with Crippen molar-refractivity contribution < 1.29 is 14.3 Å². The molecule has 3 aromatic rings. The van der Waals surface area contributed by atoms with E-state index in [2.05, 4.69) is 37.8 Å². The molecule has 1 aromatic heterocycles. The third-order valence-corrected chi connectivity index (χ3v) is 4.39. The first-order chi connectivity index (χ1) is 14.5. The van der Waals surface area contributed by atoms with E-state index >= 15 is 0 Å². The van der Waals surface area contributed by atoms with E-state index in [9.17, 15) is 14.3 Å². The average molecular weight is 406 g/mol. The molecular weight excluding hydrogens is 387 g/mol. The number of nitrogens with one attached hydrogen (secondary N) is 4. The first-order valence-corrected chi connectivity index (χ1v) is 9.17. The molecule has 1 aliphatic heterocycles. The molecule has 5 N–H and O–H groups in total. The summed E-state index contributed by atoms with van der Waals surface area (Å²) < 4.78 is 14.3. The van der Waals surface area contributed by atoms with Gasteiger partial charge < -0.3 is 26.4 Å². The summed E-state index contributed by atoms with van der Waals surface area (Å²) in [7, 11) is 0. The first-order valence-electron chi connectivity index (χ1n) is 9.17. The second-order valence-electron chi connectivity index (χ2n) is 6.64. The van der Waals surface area contributed by atoms with Gasteiger partial charge in [0.15, 0.2) is 11.6 Å². The highest BCUT2D eigenvalue weighted by molar-refractivity contribution is 5.99. The lowest BCUT2D eigenvalue weighted by atomic mass is 10.1. The van der Waals surface area contributed by atoms with E-state index < -0.39 is 12.0 Å². The van der Waals surface area contributed by atoms with E-state index in [1.165, 1.54) is 6.08 Å². The fourth-order valence-corrected chi connectivity index (χ4v) is 3.00. The summed E-state index contributed by atoms with van der Waals surface area (Å²) in [4.78, 5) is 19.7. The Balaban J connectivity index is 1.51. The molecule has 1 unspecified atom stereocenters. The van der Waals surface area contributed by atoms with Crippen molar-refractivity contribution in [2.45, 2.75) is 12.6 Å². The van der Waals surface area contributed by atoms with Crippen molar-refractivity contribution in [1.29, 1.82) is 0 Å². The number of hydrogen-bond acceptors (Lipinski definition) is 7. The number of aromatic nitrogens is 2. The molecule has 2 heterocycles. The van der Waals surface area contributed by atoms with Gasteiger partial charge in [-0.1, -0.05) is 12.6 Å². The van der Waals surface area contributed by atoms with E-state index in [0.717, 1.165) is 17.4 Å². The highest BCUT2D eigenvalue weighted by Gasteiger charge is 2.18. The smallest absolute Gasteiger partial charge is 0.229 e. The summed E-state index contributed by atoms with van der Waals surface area (Å²) >= 11 is 0. The monoisotopic (exact) mass is 406 g/mol. The van der Waals surface area contributed by atoms with Crippen LogP contribution >= 0.6 is 0 Å². The number of aliphatic hydroxyl groups excluding tert-OH is 1. The number of rotatable bonds is 7. The molecule has 1 aliphatic rings. The molecule has 30 heavy (non-hydrogen) atoms. The number of carbonyl (C=O) groups is 1. The molecule has 0 saturated heterocycles. The normalized spacial score (nSPS) is 13.2. The molecule has 9 heteroatoms. The quantitative estimate of drug-likeness (QED) is 0.302. The minimum absolute atomic E-state index is 0.00748. The Hall–Kier alpha value is -3.98. The van der Waals surface area contributed by atoms with Gasteiger partial charge >= 0.3 is 0 Å². The molecule has 1 amide bonds. The van der Waals surface area contributed by atoms with Crippen molar-refractivity contribution in [1.82, 2.24) is 9.97 Å². The van der Waals surface area contributed by atoms with Gasteiger partial charge in [0, 0.05) is 22.7 Å². The molecule has 0 saturated carbocycles. The zero-order chi connectivity index (χ0) is 21.1. The third kappa shape index (κ3) is 4.36. The van der Waals surface area contributed by atoms with Crippen LogP contribution in [0.2, 0.25) is 0 Å². The van der Waals surface area contributed by atoms with Crippen LogP contribution in [0.5, 0.6) is 0 Å². The molecule has 0 spiro atoms. The maximum absolute atomic E-state index is 14.3. The summed E-state index contributed by atoms with van der Waals surface area (Å²) in [6.07, 6.45) is 1.84. The highest BCUT2D eigenvalue weighted by atomic mass is 19.1. The van der Waals surface area contributed by atoms with Crippen LogP contribution in [-0.2, 0) is 11.2 Å². The molecule has 0 bridgehead atoms. The summed E-state index contributed by atoms with van der Waals surface area (Å²) in [5.74, 6) is -0.475. The minimum atomic E-state index is -0.898. The number of hydrogen-bond donors (Lipinski definition) is 5. The summed E-state index contributed by atoms with van der Waals surface area (Å²) in [6, 6.07) is 12.3. The van der Waals surface area contributed by atoms with Crippen LogP contribution in [-0.4, -0.2) is 27.2 Å². The molecule has 0 fully saturated rings. The van der Waals surface area contributed by atoms with E-state index in [4.69, 9.17) is 0 Å².